The first-order chi connectivity index (χ1) is 15.2. The number of nitrogens with one attached hydrogen (secondary N) is 2. The molecule has 0 bridgehead atoms. The highest BCUT2D eigenvalue weighted by molar-refractivity contribution is 7.99. The van der Waals surface area contributed by atoms with Crippen molar-refractivity contribution in [3.05, 3.63) is 87.4 Å². The Balaban J connectivity index is 1.68. The molecule has 5 nitrogen and oxygen atoms in total. The third-order valence-electron chi connectivity index (χ3n) is 4.59. The van der Waals surface area contributed by atoms with Gasteiger partial charge in [-0.1, -0.05) is 35.3 Å². The maximum Gasteiger partial charge on any atom is 0.263 e. The van der Waals surface area contributed by atoms with Gasteiger partial charge in [0.05, 0.1) is 10.7 Å². The number of amides is 1. The molecule has 168 valence electrons. The Hall–Kier alpha value is -2.19. The van der Waals surface area contributed by atoms with Gasteiger partial charge in [-0.2, -0.15) is 0 Å². The number of sulfonamides is 1. The van der Waals surface area contributed by atoms with Crippen molar-refractivity contribution in [3.63, 3.8) is 0 Å². The Morgan fingerprint density at radius 3 is 2.41 bits per heavy atom. The van der Waals surface area contributed by atoms with E-state index < -0.39 is 10.0 Å². The van der Waals surface area contributed by atoms with Gasteiger partial charge in [-0.25, -0.2) is 8.42 Å². The highest BCUT2D eigenvalue weighted by Crippen LogP contribution is 2.27. The molecule has 0 spiro atoms. The van der Waals surface area contributed by atoms with Gasteiger partial charge in [-0.3, -0.25) is 9.52 Å². The standard InChI is InChI=1S/C23H22Cl2N2O3S2/c1-15-3-4-16(2)21(13-15)27-32(29,30)22-14-17(5-10-20(22)25)23(28)26-11-12-31-19-8-6-18(24)7-9-19/h3-10,13-14,27H,11-12H2,1-2H3,(H,26,28). The zero-order chi connectivity index (χ0) is 23.3. The van der Waals surface area contributed by atoms with Crippen LogP contribution in [-0.4, -0.2) is 26.6 Å². The molecule has 0 aliphatic carbocycles. The quantitative estimate of drug-likeness (QED) is 0.292. The van der Waals surface area contributed by atoms with E-state index in [1.54, 1.807) is 17.8 Å². The number of hydrogen-bond donors (Lipinski definition) is 2. The van der Waals surface area contributed by atoms with Crippen molar-refractivity contribution in [1.82, 2.24) is 5.32 Å². The number of carbonyl (C=O) groups is 1. The van der Waals surface area contributed by atoms with Gasteiger partial charge in [0, 0.05) is 27.8 Å². The van der Waals surface area contributed by atoms with Gasteiger partial charge in [-0.15, -0.1) is 11.8 Å². The molecule has 0 fully saturated rings. The van der Waals surface area contributed by atoms with Crippen LogP contribution >= 0.6 is 35.0 Å². The minimum absolute atomic E-state index is 0.0395. The van der Waals surface area contributed by atoms with Crippen molar-refractivity contribution >= 4 is 56.6 Å². The topological polar surface area (TPSA) is 75.3 Å². The molecule has 0 unspecified atom stereocenters. The van der Waals surface area contributed by atoms with E-state index in [-0.39, 0.29) is 21.4 Å². The predicted molar refractivity (Wildman–Crippen MR) is 133 cm³/mol. The van der Waals surface area contributed by atoms with Crippen LogP contribution in [0.25, 0.3) is 0 Å². The van der Waals surface area contributed by atoms with Crippen LogP contribution in [0.2, 0.25) is 10.0 Å². The highest BCUT2D eigenvalue weighted by atomic mass is 35.5. The molecular weight excluding hydrogens is 487 g/mol. The Morgan fingerprint density at radius 2 is 1.69 bits per heavy atom. The number of carbonyl (C=O) groups excluding carboxylic acids is 1. The number of rotatable bonds is 8. The molecule has 0 aliphatic heterocycles. The molecule has 3 rings (SSSR count). The van der Waals surface area contributed by atoms with Crippen LogP contribution in [0, 0.1) is 13.8 Å². The molecular formula is C23H22Cl2N2O3S2. The van der Waals surface area contributed by atoms with Gasteiger partial charge in [-0.05, 0) is 73.5 Å². The molecule has 0 saturated carbocycles. The molecule has 0 radical (unpaired) electrons. The van der Waals surface area contributed by atoms with E-state index in [0.717, 1.165) is 16.0 Å². The molecule has 0 aliphatic rings. The van der Waals surface area contributed by atoms with Gasteiger partial charge >= 0.3 is 0 Å². The van der Waals surface area contributed by atoms with Crippen LogP contribution in [0.4, 0.5) is 5.69 Å². The van der Waals surface area contributed by atoms with Crippen LogP contribution in [0.5, 0.6) is 0 Å². The number of thioether (sulfide) groups is 1. The first-order valence-electron chi connectivity index (χ1n) is 9.72. The van der Waals surface area contributed by atoms with Crippen LogP contribution in [-0.2, 0) is 10.0 Å². The first kappa shape index (κ1) is 24.5. The zero-order valence-electron chi connectivity index (χ0n) is 17.5. The summed E-state index contributed by atoms with van der Waals surface area (Å²) in [5.74, 6) is 0.280. The molecule has 2 N–H and O–H groups in total. The molecule has 32 heavy (non-hydrogen) atoms. The monoisotopic (exact) mass is 508 g/mol. The third kappa shape index (κ3) is 6.42. The Labute approximate surface area is 202 Å². The van der Waals surface area contributed by atoms with Gasteiger partial charge in [0.2, 0.25) is 0 Å². The largest absolute Gasteiger partial charge is 0.351 e. The Kier molecular flexibility index (Phi) is 8.11. The lowest BCUT2D eigenvalue weighted by Gasteiger charge is -2.13. The maximum absolute atomic E-state index is 13.0. The third-order valence-corrected chi connectivity index (χ3v) is 7.70. The fourth-order valence-corrected chi connectivity index (χ4v) is 5.41. The molecule has 3 aromatic carbocycles. The average Bonchev–Trinajstić information content (AvgIpc) is 2.75. The molecule has 0 heterocycles. The van der Waals surface area contributed by atoms with E-state index in [0.29, 0.717) is 23.0 Å². The summed E-state index contributed by atoms with van der Waals surface area (Å²) in [6, 6.07) is 17.1. The van der Waals surface area contributed by atoms with Crippen molar-refractivity contribution < 1.29 is 13.2 Å². The van der Waals surface area contributed by atoms with Crippen molar-refractivity contribution in [1.29, 1.82) is 0 Å². The van der Waals surface area contributed by atoms with Crippen LogP contribution in [0.3, 0.4) is 0 Å². The summed E-state index contributed by atoms with van der Waals surface area (Å²) in [5.41, 5.74) is 2.38. The van der Waals surface area contributed by atoms with E-state index in [9.17, 15) is 13.2 Å². The number of hydrogen-bond acceptors (Lipinski definition) is 4. The van der Waals surface area contributed by atoms with Crippen molar-refractivity contribution in [2.45, 2.75) is 23.6 Å². The minimum Gasteiger partial charge on any atom is -0.351 e. The van der Waals surface area contributed by atoms with E-state index in [1.807, 2.05) is 50.2 Å². The lowest BCUT2D eigenvalue weighted by molar-refractivity contribution is 0.0956. The molecule has 9 heteroatoms. The minimum atomic E-state index is -3.98. The van der Waals surface area contributed by atoms with E-state index in [1.165, 1.54) is 18.2 Å². The zero-order valence-corrected chi connectivity index (χ0v) is 20.6. The summed E-state index contributed by atoms with van der Waals surface area (Å²) < 4.78 is 28.5. The molecule has 1 amide bonds. The van der Waals surface area contributed by atoms with E-state index >= 15 is 0 Å². The Morgan fingerprint density at radius 1 is 0.969 bits per heavy atom. The summed E-state index contributed by atoms with van der Waals surface area (Å²) >= 11 is 13.6. The molecule has 0 saturated heterocycles. The van der Waals surface area contributed by atoms with Gasteiger partial charge in [0.15, 0.2) is 0 Å². The van der Waals surface area contributed by atoms with Crippen molar-refractivity contribution in [2.24, 2.45) is 0 Å². The highest BCUT2D eigenvalue weighted by Gasteiger charge is 2.21. The maximum atomic E-state index is 13.0. The molecule has 0 aromatic heterocycles. The van der Waals surface area contributed by atoms with Gasteiger partial charge in [0.25, 0.3) is 15.9 Å². The van der Waals surface area contributed by atoms with E-state index in [2.05, 4.69) is 10.0 Å². The van der Waals surface area contributed by atoms with Crippen molar-refractivity contribution in [2.75, 3.05) is 17.0 Å². The lowest BCUT2D eigenvalue weighted by atomic mass is 10.1. The smallest absolute Gasteiger partial charge is 0.263 e. The number of aryl methyl sites for hydroxylation is 2. The van der Waals surface area contributed by atoms with Crippen LogP contribution in [0.15, 0.2) is 70.5 Å². The fraction of sp³-hybridized carbons (Fsp3) is 0.174. The average molecular weight is 509 g/mol. The Bertz CT molecular complexity index is 1230. The molecule has 0 atom stereocenters. The number of anilines is 1. The van der Waals surface area contributed by atoms with E-state index in [4.69, 9.17) is 23.2 Å². The van der Waals surface area contributed by atoms with Crippen LogP contribution in [0.1, 0.15) is 21.5 Å². The van der Waals surface area contributed by atoms with Gasteiger partial charge in [0.1, 0.15) is 4.90 Å². The second kappa shape index (κ2) is 10.6. The summed E-state index contributed by atoms with van der Waals surface area (Å²) in [6.45, 7) is 4.10. The first-order valence-corrected chi connectivity index (χ1v) is 12.9. The predicted octanol–water partition coefficient (Wildman–Crippen LogP) is 5.93. The number of benzene rings is 3. The second-order valence-electron chi connectivity index (χ2n) is 7.13. The SMILES string of the molecule is Cc1ccc(C)c(NS(=O)(=O)c2cc(C(=O)NCCSc3ccc(Cl)cc3)ccc2Cl)c1. The molecule has 3 aromatic rings. The lowest BCUT2D eigenvalue weighted by Crippen LogP contribution is -2.26. The summed E-state index contributed by atoms with van der Waals surface area (Å²) in [5, 5.41) is 3.51. The second-order valence-corrected chi connectivity index (χ2v) is 10.8. The normalized spacial score (nSPS) is 11.2. The number of halogens is 2. The summed E-state index contributed by atoms with van der Waals surface area (Å²) in [7, 11) is -3.98. The van der Waals surface area contributed by atoms with Crippen LogP contribution < -0.4 is 10.0 Å². The summed E-state index contributed by atoms with van der Waals surface area (Å²) in [4.78, 5) is 13.4. The summed E-state index contributed by atoms with van der Waals surface area (Å²) in [6.07, 6.45) is 0. The van der Waals surface area contributed by atoms with Crippen molar-refractivity contribution in [3.8, 4) is 0 Å². The van der Waals surface area contributed by atoms with Gasteiger partial charge < -0.3 is 5.32 Å². The fourth-order valence-electron chi connectivity index (χ4n) is 2.86.